The van der Waals surface area contributed by atoms with E-state index in [0.29, 0.717) is 24.5 Å². The molecule has 2 heterocycles. The lowest BCUT2D eigenvalue weighted by Gasteiger charge is -2.28. The summed E-state index contributed by atoms with van der Waals surface area (Å²) in [6.45, 7) is 4.87. The predicted molar refractivity (Wildman–Crippen MR) is 97.8 cm³/mol. The van der Waals surface area contributed by atoms with Gasteiger partial charge >= 0.3 is 11.7 Å². The summed E-state index contributed by atoms with van der Waals surface area (Å²) in [7, 11) is 0. The minimum atomic E-state index is -0.647. The van der Waals surface area contributed by atoms with Crippen molar-refractivity contribution < 1.29 is 9.53 Å². The van der Waals surface area contributed by atoms with Crippen LogP contribution >= 0.6 is 0 Å². The zero-order valence-electron chi connectivity index (χ0n) is 14.8. The minimum Gasteiger partial charge on any atom is -0.494 e. The molecule has 0 saturated heterocycles. The normalized spacial score (nSPS) is 15.8. The van der Waals surface area contributed by atoms with Gasteiger partial charge in [0.2, 0.25) is 0 Å². The first kappa shape index (κ1) is 17.8. The Balaban J connectivity index is 2.10. The van der Waals surface area contributed by atoms with E-state index in [-0.39, 0.29) is 5.82 Å². The molecule has 1 aromatic carbocycles. The molecule has 1 unspecified atom stereocenters. The van der Waals surface area contributed by atoms with Gasteiger partial charge in [-0.25, -0.2) is 9.59 Å². The Bertz CT molecular complexity index is 914. The van der Waals surface area contributed by atoms with Gasteiger partial charge in [-0.2, -0.15) is 0 Å². The molecule has 0 spiro atoms. The highest BCUT2D eigenvalue weighted by atomic mass is 16.5. The fraction of sp³-hybridized carbons (Fsp3) is 0.389. The number of hydrogen-bond donors (Lipinski definition) is 3. The number of aromatic amines is 1. The van der Waals surface area contributed by atoms with E-state index >= 15 is 0 Å². The van der Waals surface area contributed by atoms with Gasteiger partial charge in [-0.3, -0.25) is 19.7 Å². The first-order valence-corrected chi connectivity index (χ1v) is 8.72. The number of amides is 2. The number of hydrogen-bond acceptors (Lipinski definition) is 4. The lowest BCUT2D eigenvalue weighted by atomic mass is 9.98. The van der Waals surface area contributed by atoms with Crippen LogP contribution < -0.4 is 26.6 Å². The van der Waals surface area contributed by atoms with Gasteiger partial charge in [0.05, 0.1) is 18.2 Å². The van der Waals surface area contributed by atoms with Crippen molar-refractivity contribution in [3.05, 3.63) is 56.2 Å². The van der Waals surface area contributed by atoms with Gasteiger partial charge in [-0.15, -0.1) is 0 Å². The van der Waals surface area contributed by atoms with Crippen LogP contribution in [0.1, 0.15) is 43.9 Å². The topological polar surface area (TPSA) is 105 Å². The van der Waals surface area contributed by atoms with Crippen LogP contribution in [-0.4, -0.2) is 22.2 Å². The molecular formula is C18H22N4O4. The third kappa shape index (κ3) is 3.35. The molecule has 0 saturated carbocycles. The van der Waals surface area contributed by atoms with E-state index in [1.54, 1.807) is 24.3 Å². The van der Waals surface area contributed by atoms with Gasteiger partial charge in [0.1, 0.15) is 11.6 Å². The summed E-state index contributed by atoms with van der Waals surface area (Å²) >= 11 is 0. The number of benzene rings is 1. The second-order valence-corrected chi connectivity index (χ2v) is 6.06. The maximum atomic E-state index is 12.5. The van der Waals surface area contributed by atoms with E-state index in [1.165, 1.54) is 4.57 Å². The molecule has 0 radical (unpaired) electrons. The molecule has 1 atom stereocenters. The van der Waals surface area contributed by atoms with Crippen LogP contribution in [0, 0.1) is 0 Å². The number of aromatic nitrogens is 2. The van der Waals surface area contributed by atoms with Crippen molar-refractivity contribution in [2.24, 2.45) is 0 Å². The third-order valence-corrected chi connectivity index (χ3v) is 4.29. The van der Waals surface area contributed by atoms with E-state index in [4.69, 9.17) is 4.74 Å². The SMILES string of the molecule is CCCCn1c2c(c(=O)[nH]c1=O)C(c1ccc(OCC)cc1)NC(=O)N2. The predicted octanol–water partition coefficient (Wildman–Crippen LogP) is 1.96. The molecule has 3 N–H and O–H groups in total. The molecule has 0 aliphatic carbocycles. The Morgan fingerprint density at radius 2 is 1.85 bits per heavy atom. The van der Waals surface area contributed by atoms with E-state index in [2.05, 4.69) is 15.6 Å². The first-order valence-electron chi connectivity index (χ1n) is 8.72. The zero-order valence-corrected chi connectivity index (χ0v) is 14.8. The number of nitrogens with zero attached hydrogens (tertiary/aromatic N) is 1. The van der Waals surface area contributed by atoms with Crippen molar-refractivity contribution in [3.63, 3.8) is 0 Å². The van der Waals surface area contributed by atoms with Gasteiger partial charge in [0.15, 0.2) is 0 Å². The van der Waals surface area contributed by atoms with Crippen molar-refractivity contribution >= 4 is 11.8 Å². The Morgan fingerprint density at radius 3 is 2.50 bits per heavy atom. The van der Waals surface area contributed by atoms with Crippen molar-refractivity contribution in [2.75, 3.05) is 11.9 Å². The van der Waals surface area contributed by atoms with Crippen molar-refractivity contribution in [2.45, 2.75) is 39.3 Å². The molecule has 0 fully saturated rings. The summed E-state index contributed by atoms with van der Waals surface area (Å²) in [5.41, 5.74) is 0.0270. The standard InChI is InChI=1S/C18H22N4O4/c1-3-5-10-22-15-13(16(23)21-18(22)25)14(19-17(24)20-15)11-6-8-12(9-7-11)26-4-2/h6-9,14H,3-5,10H2,1-2H3,(H2,19,20,24)(H,21,23,25). The van der Waals surface area contributed by atoms with Crippen LogP contribution in [0.5, 0.6) is 5.75 Å². The molecular weight excluding hydrogens is 336 g/mol. The molecule has 2 amide bonds. The lowest BCUT2D eigenvalue weighted by molar-refractivity contribution is 0.248. The Labute approximate surface area is 150 Å². The van der Waals surface area contributed by atoms with Crippen molar-refractivity contribution in [1.82, 2.24) is 14.9 Å². The van der Waals surface area contributed by atoms with Crippen LogP contribution in [0.15, 0.2) is 33.9 Å². The summed E-state index contributed by atoms with van der Waals surface area (Å²) in [5.74, 6) is 0.966. The van der Waals surface area contributed by atoms with Gasteiger partial charge in [0, 0.05) is 6.54 Å². The van der Waals surface area contributed by atoms with Gasteiger partial charge in [-0.1, -0.05) is 25.5 Å². The van der Waals surface area contributed by atoms with Crippen LogP contribution in [0.2, 0.25) is 0 Å². The van der Waals surface area contributed by atoms with E-state index in [9.17, 15) is 14.4 Å². The maximum absolute atomic E-state index is 12.5. The fourth-order valence-electron chi connectivity index (χ4n) is 3.04. The van der Waals surface area contributed by atoms with E-state index in [1.807, 2.05) is 13.8 Å². The maximum Gasteiger partial charge on any atom is 0.329 e. The average molecular weight is 358 g/mol. The number of fused-ring (bicyclic) bond motifs is 1. The second-order valence-electron chi connectivity index (χ2n) is 6.06. The van der Waals surface area contributed by atoms with Gasteiger partial charge in [0.25, 0.3) is 5.56 Å². The Morgan fingerprint density at radius 1 is 1.12 bits per heavy atom. The number of rotatable bonds is 6. The average Bonchev–Trinajstić information content (AvgIpc) is 2.61. The number of nitrogens with one attached hydrogen (secondary N) is 3. The highest BCUT2D eigenvalue weighted by molar-refractivity contribution is 5.92. The summed E-state index contributed by atoms with van der Waals surface area (Å²) in [5, 5.41) is 5.38. The number of ether oxygens (including phenoxy) is 1. The smallest absolute Gasteiger partial charge is 0.329 e. The molecule has 2 aromatic rings. The summed E-state index contributed by atoms with van der Waals surface area (Å²) in [6.07, 6.45) is 1.64. The summed E-state index contributed by atoms with van der Waals surface area (Å²) in [6, 6.07) is 6.07. The molecule has 1 aliphatic heterocycles. The van der Waals surface area contributed by atoms with Crippen molar-refractivity contribution in [1.29, 1.82) is 0 Å². The number of urea groups is 1. The first-order chi connectivity index (χ1) is 12.5. The Hall–Kier alpha value is -3.03. The molecule has 0 bridgehead atoms. The van der Waals surface area contributed by atoms with Crippen LogP contribution in [0.3, 0.4) is 0 Å². The fourth-order valence-corrected chi connectivity index (χ4v) is 3.04. The molecule has 26 heavy (non-hydrogen) atoms. The summed E-state index contributed by atoms with van der Waals surface area (Å²) in [4.78, 5) is 39.2. The quantitative estimate of drug-likeness (QED) is 0.734. The molecule has 1 aromatic heterocycles. The van der Waals surface area contributed by atoms with Crippen LogP contribution in [0.4, 0.5) is 10.6 Å². The largest absolute Gasteiger partial charge is 0.494 e. The zero-order chi connectivity index (χ0) is 18.7. The molecule has 1 aliphatic rings. The van der Waals surface area contributed by atoms with Crippen molar-refractivity contribution in [3.8, 4) is 5.75 Å². The van der Waals surface area contributed by atoms with Crippen LogP contribution in [0.25, 0.3) is 0 Å². The monoisotopic (exact) mass is 358 g/mol. The number of H-pyrrole nitrogens is 1. The van der Waals surface area contributed by atoms with Crippen LogP contribution in [-0.2, 0) is 6.54 Å². The minimum absolute atomic E-state index is 0.259. The Kier molecular flexibility index (Phi) is 5.11. The van der Waals surface area contributed by atoms with E-state index in [0.717, 1.165) is 18.4 Å². The molecule has 138 valence electrons. The number of unbranched alkanes of at least 4 members (excludes halogenated alkanes) is 1. The molecule has 8 heteroatoms. The summed E-state index contributed by atoms with van der Waals surface area (Å²) < 4.78 is 6.85. The van der Waals surface area contributed by atoms with Gasteiger partial charge < -0.3 is 10.1 Å². The highest BCUT2D eigenvalue weighted by Crippen LogP contribution is 2.29. The highest BCUT2D eigenvalue weighted by Gasteiger charge is 2.31. The molecule has 8 nitrogen and oxygen atoms in total. The number of carbonyl (C=O) groups is 1. The second kappa shape index (κ2) is 7.47. The third-order valence-electron chi connectivity index (χ3n) is 4.29. The number of carbonyl (C=O) groups excluding carboxylic acids is 1. The number of anilines is 1. The van der Waals surface area contributed by atoms with E-state index < -0.39 is 23.3 Å². The lowest BCUT2D eigenvalue weighted by Crippen LogP contribution is -2.46. The molecule has 3 rings (SSSR count). The van der Waals surface area contributed by atoms with Gasteiger partial charge in [-0.05, 0) is 31.0 Å².